The van der Waals surface area contributed by atoms with Gasteiger partial charge in [0.05, 0.1) is 5.69 Å². The Bertz CT molecular complexity index is 803. The quantitative estimate of drug-likeness (QED) is 0.691. The van der Waals surface area contributed by atoms with Crippen LogP contribution in [0.25, 0.3) is 11.3 Å². The molecule has 1 aromatic heterocycles. The molecule has 6 heteroatoms. The molecule has 0 aliphatic carbocycles. The van der Waals surface area contributed by atoms with Crippen LogP contribution in [0.1, 0.15) is 24.0 Å². The molecule has 0 bridgehead atoms. The van der Waals surface area contributed by atoms with Gasteiger partial charge < -0.3 is 4.98 Å². The topological polar surface area (TPSA) is 72.8 Å². The van der Waals surface area contributed by atoms with E-state index in [1.54, 1.807) is 0 Å². The predicted octanol–water partition coefficient (Wildman–Crippen LogP) is 2.63. The van der Waals surface area contributed by atoms with Crippen molar-refractivity contribution in [3.63, 3.8) is 0 Å². The molecular formula is C17H18N4OS. The van der Waals surface area contributed by atoms with Crippen molar-refractivity contribution < 1.29 is 0 Å². The molecule has 0 amide bonds. The number of likely N-dealkylation sites (tertiary alicyclic amines) is 1. The van der Waals surface area contributed by atoms with Crippen molar-refractivity contribution in [2.24, 2.45) is 0 Å². The summed E-state index contributed by atoms with van der Waals surface area (Å²) in [6.07, 6.45) is 4.31. The average molecular weight is 326 g/mol. The van der Waals surface area contributed by atoms with E-state index in [9.17, 15) is 10.1 Å². The minimum atomic E-state index is -0.377. The van der Waals surface area contributed by atoms with Crippen molar-refractivity contribution in [2.75, 3.05) is 19.3 Å². The zero-order valence-corrected chi connectivity index (χ0v) is 13.8. The normalized spacial score (nSPS) is 14.8. The Morgan fingerprint density at radius 1 is 1.35 bits per heavy atom. The van der Waals surface area contributed by atoms with Gasteiger partial charge in [-0.15, -0.1) is 0 Å². The molecule has 5 nitrogen and oxygen atoms in total. The maximum Gasteiger partial charge on any atom is 0.270 e. The molecule has 2 heterocycles. The second-order valence-corrected chi connectivity index (χ2v) is 6.35. The third-order valence-corrected chi connectivity index (χ3v) is 4.65. The lowest BCUT2D eigenvalue weighted by Gasteiger charge is -2.17. The molecule has 1 saturated heterocycles. The number of hydrogen-bond acceptors (Lipinski definition) is 5. The zero-order chi connectivity index (χ0) is 16.2. The van der Waals surface area contributed by atoms with E-state index in [-0.39, 0.29) is 11.1 Å². The highest BCUT2D eigenvalue weighted by molar-refractivity contribution is 7.98. The van der Waals surface area contributed by atoms with E-state index in [0.717, 1.165) is 30.8 Å². The fraction of sp³-hybridized carbons (Fsp3) is 0.353. The molecule has 1 aromatic carbocycles. The lowest BCUT2D eigenvalue weighted by Crippen LogP contribution is -2.20. The van der Waals surface area contributed by atoms with Crippen molar-refractivity contribution in [3.05, 3.63) is 45.7 Å². The number of H-pyrrole nitrogens is 1. The number of nitriles is 1. The Morgan fingerprint density at radius 3 is 2.78 bits per heavy atom. The summed E-state index contributed by atoms with van der Waals surface area (Å²) in [4.78, 5) is 21.7. The predicted molar refractivity (Wildman–Crippen MR) is 91.3 cm³/mol. The first-order valence-electron chi connectivity index (χ1n) is 7.62. The lowest BCUT2D eigenvalue weighted by molar-refractivity contribution is 0.332. The molecular weight excluding hydrogens is 308 g/mol. The molecule has 0 unspecified atom stereocenters. The molecule has 0 spiro atoms. The summed E-state index contributed by atoms with van der Waals surface area (Å²) in [5.74, 6) is 0. The highest BCUT2D eigenvalue weighted by Gasteiger charge is 2.18. The summed E-state index contributed by atoms with van der Waals surface area (Å²) in [5, 5.41) is 9.90. The van der Waals surface area contributed by atoms with E-state index in [4.69, 9.17) is 0 Å². The van der Waals surface area contributed by atoms with Gasteiger partial charge in [-0.2, -0.15) is 5.26 Å². The van der Waals surface area contributed by atoms with E-state index >= 15 is 0 Å². The van der Waals surface area contributed by atoms with E-state index in [1.807, 2.05) is 30.5 Å². The fourth-order valence-corrected chi connectivity index (χ4v) is 3.30. The highest BCUT2D eigenvalue weighted by Crippen LogP contribution is 2.26. The summed E-state index contributed by atoms with van der Waals surface area (Å²) in [7, 11) is 0. The Hall–Kier alpha value is -2.10. The van der Waals surface area contributed by atoms with Crippen molar-refractivity contribution in [2.45, 2.75) is 24.5 Å². The maximum atomic E-state index is 12.1. The summed E-state index contributed by atoms with van der Waals surface area (Å²) in [6, 6.07) is 9.91. The van der Waals surface area contributed by atoms with Crippen LogP contribution in [0.15, 0.2) is 34.2 Å². The molecule has 0 atom stereocenters. The van der Waals surface area contributed by atoms with Crippen LogP contribution in [-0.2, 0) is 6.54 Å². The number of rotatable bonds is 4. The second kappa shape index (κ2) is 6.99. The number of nitrogens with zero attached hydrogens (tertiary/aromatic N) is 3. The smallest absolute Gasteiger partial charge is 0.270 e. The number of benzene rings is 1. The van der Waals surface area contributed by atoms with Crippen LogP contribution in [0.2, 0.25) is 0 Å². The van der Waals surface area contributed by atoms with Crippen molar-refractivity contribution in [1.29, 1.82) is 5.26 Å². The van der Waals surface area contributed by atoms with Crippen LogP contribution < -0.4 is 5.56 Å². The van der Waals surface area contributed by atoms with Gasteiger partial charge >= 0.3 is 0 Å². The molecule has 2 aromatic rings. The average Bonchev–Trinajstić information content (AvgIpc) is 3.07. The van der Waals surface area contributed by atoms with E-state index < -0.39 is 0 Å². The highest BCUT2D eigenvalue weighted by atomic mass is 32.2. The van der Waals surface area contributed by atoms with Gasteiger partial charge in [-0.3, -0.25) is 9.69 Å². The molecule has 1 fully saturated rings. The van der Waals surface area contributed by atoms with Gasteiger partial charge in [0.15, 0.2) is 5.16 Å². The number of nitrogens with one attached hydrogen (secondary N) is 1. The van der Waals surface area contributed by atoms with Crippen molar-refractivity contribution in [3.8, 4) is 17.3 Å². The third kappa shape index (κ3) is 3.31. The van der Waals surface area contributed by atoms with Crippen LogP contribution in [-0.4, -0.2) is 34.2 Å². The molecule has 1 aliphatic heterocycles. The molecule has 0 radical (unpaired) electrons. The number of aromatic amines is 1. The Labute approximate surface area is 139 Å². The minimum absolute atomic E-state index is 0.0803. The molecule has 23 heavy (non-hydrogen) atoms. The largest absolute Gasteiger partial charge is 0.300 e. The minimum Gasteiger partial charge on any atom is -0.300 e. The molecule has 1 N–H and O–H groups in total. The first-order valence-corrected chi connectivity index (χ1v) is 8.84. The standard InChI is InChI=1S/C17H18N4OS/c1-23-17-19-15(14(10-18)16(22)20-17)13-7-3-2-6-12(13)11-21-8-4-5-9-21/h2-3,6-7H,4-5,8-9,11H2,1H3,(H,19,20,22). The molecule has 118 valence electrons. The summed E-state index contributed by atoms with van der Waals surface area (Å²) in [6.45, 7) is 3.01. The van der Waals surface area contributed by atoms with Crippen molar-refractivity contribution >= 4 is 11.8 Å². The SMILES string of the molecule is CSc1nc(-c2ccccc2CN2CCCC2)c(C#N)c(=O)[nH]1. The van der Waals surface area contributed by atoms with Gasteiger partial charge in [0, 0.05) is 12.1 Å². The summed E-state index contributed by atoms with van der Waals surface area (Å²) >= 11 is 1.36. The third-order valence-electron chi connectivity index (χ3n) is 4.07. The molecule has 0 saturated carbocycles. The lowest BCUT2D eigenvalue weighted by atomic mass is 10.0. The van der Waals surface area contributed by atoms with Gasteiger partial charge in [-0.1, -0.05) is 36.0 Å². The fourth-order valence-electron chi connectivity index (χ4n) is 2.92. The van der Waals surface area contributed by atoms with E-state index in [2.05, 4.69) is 20.9 Å². The van der Waals surface area contributed by atoms with Gasteiger partial charge in [0.2, 0.25) is 0 Å². The van der Waals surface area contributed by atoms with Gasteiger partial charge in [-0.05, 0) is 37.8 Å². The molecule has 3 rings (SSSR count). The van der Waals surface area contributed by atoms with Crippen LogP contribution in [0, 0.1) is 11.3 Å². The van der Waals surface area contributed by atoms with Crippen LogP contribution in [0.5, 0.6) is 0 Å². The van der Waals surface area contributed by atoms with Gasteiger partial charge in [-0.25, -0.2) is 4.98 Å². The number of hydrogen-bond donors (Lipinski definition) is 1. The second-order valence-electron chi connectivity index (χ2n) is 5.55. The Balaban J connectivity index is 2.10. The first-order chi connectivity index (χ1) is 11.2. The van der Waals surface area contributed by atoms with Crippen LogP contribution in [0.4, 0.5) is 0 Å². The monoisotopic (exact) mass is 326 g/mol. The van der Waals surface area contributed by atoms with Gasteiger partial charge in [0.25, 0.3) is 5.56 Å². The molecule has 1 aliphatic rings. The van der Waals surface area contributed by atoms with Crippen LogP contribution >= 0.6 is 11.8 Å². The summed E-state index contributed by atoms with van der Waals surface area (Å²) < 4.78 is 0. The Kier molecular flexibility index (Phi) is 4.79. The number of thioether (sulfide) groups is 1. The zero-order valence-electron chi connectivity index (χ0n) is 13.0. The summed E-state index contributed by atoms with van der Waals surface area (Å²) in [5.41, 5.74) is 2.17. The van der Waals surface area contributed by atoms with Crippen LogP contribution in [0.3, 0.4) is 0 Å². The van der Waals surface area contributed by atoms with E-state index in [0.29, 0.717) is 10.9 Å². The number of aromatic nitrogens is 2. The van der Waals surface area contributed by atoms with Crippen molar-refractivity contribution in [1.82, 2.24) is 14.9 Å². The van der Waals surface area contributed by atoms with Gasteiger partial charge in [0.1, 0.15) is 11.6 Å². The maximum absolute atomic E-state index is 12.1. The van der Waals surface area contributed by atoms with E-state index in [1.165, 1.54) is 24.6 Å². The Morgan fingerprint density at radius 2 is 2.09 bits per heavy atom. The first kappa shape index (κ1) is 15.8.